The summed E-state index contributed by atoms with van der Waals surface area (Å²) in [6.45, 7) is 0. The van der Waals surface area contributed by atoms with Crippen molar-refractivity contribution >= 4 is 22.7 Å². The maximum atomic E-state index is 2.23. The summed E-state index contributed by atoms with van der Waals surface area (Å²) in [5.74, 6) is 0. The molecule has 0 amide bonds. The van der Waals surface area contributed by atoms with Gasteiger partial charge in [0.1, 0.15) is 0 Å². The van der Waals surface area contributed by atoms with Gasteiger partial charge in [-0.2, -0.15) is 0 Å². The summed E-state index contributed by atoms with van der Waals surface area (Å²) in [6, 6.07) is 17.4. The zero-order valence-corrected chi connectivity index (χ0v) is 14.1. The predicted molar refractivity (Wildman–Crippen MR) is 96.4 cm³/mol. The lowest BCUT2D eigenvalue weighted by Crippen LogP contribution is -1.85. The van der Waals surface area contributed by atoms with E-state index in [1.54, 1.807) is 0 Å². The van der Waals surface area contributed by atoms with Gasteiger partial charge in [-0.3, -0.25) is 0 Å². The molecule has 0 aliphatic rings. The summed E-state index contributed by atoms with van der Waals surface area (Å²) >= 11 is 3.71. The Balaban J connectivity index is 1.69. The molecule has 4 aromatic heterocycles. The van der Waals surface area contributed by atoms with Crippen LogP contribution in [0.25, 0.3) is 30.9 Å². The minimum absolute atomic E-state index is 1.27. The third kappa shape index (κ3) is 2.25. The summed E-state index contributed by atoms with van der Waals surface area (Å²) in [6.07, 6.45) is 4.18. The molecule has 110 valence electrons. The van der Waals surface area contributed by atoms with Gasteiger partial charge in [-0.05, 0) is 48.5 Å². The molecular formula is C18H16N2S2. The Morgan fingerprint density at radius 2 is 1.00 bits per heavy atom. The predicted octanol–water partition coefficient (Wildman–Crippen LogP) is 5.49. The second-order valence-electron chi connectivity index (χ2n) is 5.34. The average Bonchev–Trinajstić information content (AvgIpc) is 3.23. The molecule has 0 saturated heterocycles. The van der Waals surface area contributed by atoms with Crippen molar-refractivity contribution in [3.05, 3.63) is 60.9 Å². The maximum Gasteiger partial charge on any atom is 0.0579 e. The van der Waals surface area contributed by atoms with Crippen molar-refractivity contribution in [1.82, 2.24) is 9.13 Å². The zero-order valence-electron chi connectivity index (χ0n) is 12.5. The van der Waals surface area contributed by atoms with Crippen LogP contribution in [0, 0.1) is 0 Å². The zero-order chi connectivity index (χ0) is 15.1. The lowest BCUT2D eigenvalue weighted by Gasteiger charge is -1.99. The largest absolute Gasteiger partial charge is 0.350 e. The lowest BCUT2D eigenvalue weighted by atomic mass is 10.3. The molecule has 0 unspecified atom stereocenters. The number of rotatable bonds is 3. The standard InChI is InChI=1S/C18H16N2S2/c1-19-11-3-5-13(19)15-7-9-17(21-15)18-10-8-16(22-18)14-6-4-12-20(14)2/h3-12H,1-2H3. The Morgan fingerprint density at radius 3 is 1.36 bits per heavy atom. The molecular weight excluding hydrogens is 308 g/mol. The molecule has 0 N–H and O–H groups in total. The minimum atomic E-state index is 1.27. The van der Waals surface area contributed by atoms with E-state index in [4.69, 9.17) is 0 Å². The second kappa shape index (κ2) is 5.30. The monoisotopic (exact) mass is 324 g/mol. The van der Waals surface area contributed by atoms with Crippen LogP contribution in [0.15, 0.2) is 60.9 Å². The molecule has 0 fully saturated rings. The average molecular weight is 324 g/mol. The van der Waals surface area contributed by atoms with Gasteiger partial charge in [0, 0.05) is 36.2 Å². The van der Waals surface area contributed by atoms with Gasteiger partial charge in [0.2, 0.25) is 0 Å². The van der Waals surface area contributed by atoms with Gasteiger partial charge in [0.15, 0.2) is 0 Å². The molecule has 0 aliphatic heterocycles. The Bertz CT molecular complexity index is 844. The normalized spacial score (nSPS) is 11.2. The van der Waals surface area contributed by atoms with Crippen LogP contribution in [-0.2, 0) is 14.1 Å². The molecule has 0 radical (unpaired) electrons. The van der Waals surface area contributed by atoms with Gasteiger partial charge in [0.25, 0.3) is 0 Å². The maximum absolute atomic E-state index is 2.23. The fraction of sp³-hybridized carbons (Fsp3) is 0.111. The third-order valence-electron chi connectivity index (χ3n) is 3.85. The van der Waals surface area contributed by atoms with Gasteiger partial charge in [-0.1, -0.05) is 0 Å². The van der Waals surface area contributed by atoms with E-state index in [-0.39, 0.29) is 0 Å². The van der Waals surface area contributed by atoms with Crippen molar-refractivity contribution < 1.29 is 0 Å². The summed E-state index contributed by atoms with van der Waals surface area (Å²) in [5, 5.41) is 0. The molecule has 0 bridgehead atoms. The van der Waals surface area contributed by atoms with Crippen molar-refractivity contribution in [3.63, 3.8) is 0 Å². The van der Waals surface area contributed by atoms with Crippen molar-refractivity contribution in [1.29, 1.82) is 0 Å². The molecule has 4 aromatic rings. The van der Waals surface area contributed by atoms with Crippen LogP contribution >= 0.6 is 22.7 Å². The molecule has 0 aromatic carbocycles. The van der Waals surface area contributed by atoms with E-state index in [1.165, 1.54) is 30.9 Å². The van der Waals surface area contributed by atoms with E-state index in [9.17, 15) is 0 Å². The quantitative estimate of drug-likeness (QED) is 0.472. The molecule has 0 spiro atoms. The fourth-order valence-corrected chi connectivity index (χ4v) is 4.89. The molecule has 0 aliphatic carbocycles. The van der Waals surface area contributed by atoms with E-state index in [0.717, 1.165) is 0 Å². The number of aromatic nitrogens is 2. The van der Waals surface area contributed by atoms with Crippen LogP contribution in [0.1, 0.15) is 0 Å². The molecule has 2 nitrogen and oxygen atoms in total. The first-order chi connectivity index (χ1) is 10.7. The SMILES string of the molecule is Cn1cccc1-c1ccc(-c2ccc(-c3cccn3C)s2)s1. The Labute approximate surface area is 137 Å². The van der Waals surface area contributed by atoms with Crippen LogP contribution in [0.4, 0.5) is 0 Å². The van der Waals surface area contributed by atoms with Crippen molar-refractivity contribution in [3.8, 4) is 30.9 Å². The highest BCUT2D eigenvalue weighted by Gasteiger charge is 2.11. The number of nitrogens with zero attached hydrogens (tertiary/aromatic N) is 2. The van der Waals surface area contributed by atoms with E-state index in [0.29, 0.717) is 0 Å². The first kappa shape index (κ1) is 13.6. The first-order valence-corrected chi connectivity index (χ1v) is 8.79. The number of aryl methyl sites for hydroxylation is 2. The van der Waals surface area contributed by atoms with E-state index < -0.39 is 0 Å². The third-order valence-corrected chi connectivity index (χ3v) is 6.26. The Morgan fingerprint density at radius 1 is 0.591 bits per heavy atom. The van der Waals surface area contributed by atoms with Gasteiger partial charge >= 0.3 is 0 Å². The van der Waals surface area contributed by atoms with Gasteiger partial charge in [0.05, 0.1) is 21.1 Å². The van der Waals surface area contributed by atoms with E-state index >= 15 is 0 Å². The topological polar surface area (TPSA) is 9.86 Å². The molecule has 0 atom stereocenters. The van der Waals surface area contributed by atoms with Crippen molar-refractivity contribution in [2.24, 2.45) is 14.1 Å². The number of hydrogen-bond acceptors (Lipinski definition) is 2. The summed E-state index contributed by atoms with van der Waals surface area (Å²) in [4.78, 5) is 5.30. The fourth-order valence-electron chi connectivity index (χ4n) is 2.65. The summed E-state index contributed by atoms with van der Waals surface area (Å²) in [7, 11) is 4.18. The van der Waals surface area contributed by atoms with Crippen LogP contribution in [-0.4, -0.2) is 9.13 Å². The molecule has 4 heterocycles. The van der Waals surface area contributed by atoms with Crippen LogP contribution in [0.3, 0.4) is 0 Å². The van der Waals surface area contributed by atoms with E-state index in [2.05, 4.69) is 84.2 Å². The summed E-state index contributed by atoms with van der Waals surface area (Å²) in [5.41, 5.74) is 2.55. The lowest BCUT2D eigenvalue weighted by molar-refractivity contribution is 0.940. The molecule has 22 heavy (non-hydrogen) atoms. The van der Waals surface area contributed by atoms with E-state index in [1.807, 2.05) is 22.7 Å². The summed E-state index contributed by atoms with van der Waals surface area (Å²) < 4.78 is 4.33. The first-order valence-electron chi connectivity index (χ1n) is 7.16. The molecule has 4 rings (SSSR count). The smallest absolute Gasteiger partial charge is 0.0579 e. The van der Waals surface area contributed by atoms with Gasteiger partial charge < -0.3 is 9.13 Å². The van der Waals surface area contributed by atoms with Crippen LogP contribution in [0.5, 0.6) is 0 Å². The van der Waals surface area contributed by atoms with Crippen LogP contribution < -0.4 is 0 Å². The van der Waals surface area contributed by atoms with Crippen LogP contribution in [0.2, 0.25) is 0 Å². The highest BCUT2D eigenvalue weighted by Crippen LogP contribution is 2.40. The Hall–Kier alpha value is -2.04. The second-order valence-corrected chi connectivity index (χ2v) is 7.50. The molecule has 0 saturated carbocycles. The number of hydrogen-bond donors (Lipinski definition) is 0. The highest BCUT2D eigenvalue weighted by molar-refractivity contribution is 7.25. The van der Waals surface area contributed by atoms with Crippen molar-refractivity contribution in [2.45, 2.75) is 0 Å². The van der Waals surface area contributed by atoms with Gasteiger partial charge in [-0.15, -0.1) is 22.7 Å². The highest BCUT2D eigenvalue weighted by atomic mass is 32.1. The number of thiophene rings is 2. The van der Waals surface area contributed by atoms with Crippen molar-refractivity contribution in [2.75, 3.05) is 0 Å². The Kier molecular flexibility index (Phi) is 3.28. The molecule has 4 heteroatoms. The minimum Gasteiger partial charge on any atom is -0.350 e. The van der Waals surface area contributed by atoms with Gasteiger partial charge in [-0.25, -0.2) is 0 Å².